The van der Waals surface area contributed by atoms with Crippen LogP contribution in [0.15, 0.2) is 35.9 Å². The number of hydrogen-bond acceptors (Lipinski definition) is 3. The molecule has 0 saturated carbocycles. The fraction of sp³-hybridized carbons (Fsp3) is 0.286. The zero-order valence-electron chi connectivity index (χ0n) is 11.0. The highest BCUT2D eigenvalue weighted by molar-refractivity contribution is 5.96. The number of nitrogens with one attached hydrogen (secondary N) is 1. The largest absolute Gasteiger partial charge is 0.490 e. The van der Waals surface area contributed by atoms with Crippen molar-refractivity contribution in [2.45, 2.75) is 13.8 Å². The summed E-state index contributed by atoms with van der Waals surface area (Å²) in [4.78, 5) is 22.0. The van der Waals surface area contributed by atoms with E-state index in [1.54, 1.807) is 24.3 Å². The lowest BCUT2D eigenvalue weighted by Gasteiger charge is -2.06. The van der Waals surface area contributed by atoms with Crippen molar-refractivity contribution in [2.24, 2.45) is 0 Å². The molecule has 0 bridgehead atoms. The van der Waals surface area contributed by atoms with Crippen molar-refractivity contribution in [3.63, 3.8) is 0 Å². The Morgan fingerprint density at radius 2 is 2.11 bits per heavy atom. The summed E-state index contributed by atoms with van der Waals surface area (Å²) in [5.74, 6) is -0.945. The minimum absolute atomic E-state index is 0.371. The smallest absolute Gasteiger partial charge is 0.322 e. The van der Waals surface area contributed by atoms with Gasteiger partial charge in [-0.15, -0.1) is 0 Å². The van der Waals surface area contributed by atoms with Gasteiger partial charge in [0.15, 0.2) is 0 Å². The number of ether oxygens (including phenoxy) is 1. The molecular formula is C14H17NO4. The van der Waals surface area contributed by atoms with E-state index in [4.69, 9.17) is 9.84 Å². The maximum absolute atomic E-state index is 11.6. The summed E-state index contributed by atoms with van der Waals surface area (Å²) in [6, 6.07) is 6.61. The highest BCUT2D eigenvalue weighted by Gasteiger charge is 2.07. The number of carboxylic acids is 1. The molecule has 5 heteroatoms. The predicted molar refractivity (Wildman–Crippen MR) is 71.3 cm³/mol. The zero-order valence-corrected chi connectivity index (χ0v) is 11.0. The monoisotopic (exact) mass is 263 g/mol. The molecule has 0 heterocycles. The molecule has 0 aromatic heterocycles. The van der Waals surface area contributed by atoms with Crippen LogP contribution in [0.4, 0.5) is 0 Å². The zero-order chi connectivity index (χ0) is 14.3. The average Bonchev–Trinajstić information content (AvgIpc) is 2.36. The van der Waals surface area contributed by atoms with Crippen LogP contribution in [0.25, 0.3) is 0 Å². The first-order valence-corrected chi connectivity index (χ1v) is 5.85. The number of rotatable bonds is 6. The van der Waals surface area contributed by atoms with Gasteiger partial charge in [-0.3, -0.25) is 9.59 Å². The van der Waals surface area contributed by atoms with Crippen molar-refractivity contribution < 1.29 is 19.4 Å². The highest BCUT2D eigenvalue weighted by Crippen LogP contribution is 2.13. The fourth-order valence-corrected chi connectivity index (χ4v) is 1.29. The third-order valence-corrected chi connectivity index (χ3v) is 2.24. The van der Waals surface area contributed by atoms with Crippen molar-refractivity contribution in [1.82, 2.24) is 5.32 Å². The second-order valence-electron chi connectivity index (χ2n) is 4.20. The molecule has 1 aromatic carbocycles. The van der Waals surface area contributed by atoms with E-state index in [-0.39, 0.29) is 0 Å². The number of allylic oxidation sites excluding steroid dienone is 1. The van der Waals surface area contributed by atoms with E-state index < -0.39 is 18.4 Å². The Labute approximate surface area is 111 Å². The van der Waals surface area contributed by atoms with Crippen molar-refractivity contribution in [1.29, 1.82) is 0 Å². The van der Waals surface area contributed by atoms with E-state index in [1.165, 1.54) is 0 Å². The molecule has 1 aromatic rings. The predicted octanol–water partition coefficient (Wildman–Crippen LogP) is 1.85. The van der Waals surface area contributed by atoms with E-state index in [2.05, 4.69) is 5.32 Å². The minimum Gasteiger partial charge on any atom is -0.490 e. The van der Waals surface area contributed by atoms with Crippen LogP contribution in [0.3, 0.4) is 0 Å². The Kier molecular flexibility index (Phi) is 5.60. The van der Waals surface area contributed by atoms with Crippen molar-refractivity contribution in [3.8, 4) is 5.75 Å². The first kappa shape index (κ1) is 14.8. The number of hydrogen-bond donors (Lipinski definition) is 2. The van der Waals surface area contributed by atoms with Crippen molar-refractivity contribution >= 4 is 11.9 Å². The second-order valence-corrected chi connectivity index (χ2v) is 4.20. The Morgan fingerprint density at radius 3 is 2.74 bits per heavy atom. The van der Waals surface area contributed by atoms with Gasteiger partial charge in [0.1, 0.15) is 18.9 Å². The normalized spacial score (nSPS) is 9.58. The van der Waals surface area contributed by atoms with E-state index in [1.807, 2.05) is 19.9 Å². The molecule has 5 nitrogen and oxygen atoms in total. The third-order valence-electron chi connectivity index (χ3n) is 2.24. The number of carbonyl (C=O) groups excluding carboxylic acids is 1. The molecule has 0 atom stereocenters. The number of carboxylic acid groups (broad SMARTS) is 1. The molecule has 19 heavy (non-hydrogen) atoms. The first-order chi connectivity index (χ1) is 8.99. The Balaban J connectivity index is 2.63. The molecule has 2 N–H and O–H groups in total. The third kappa shape index (κ3) is 5.72. The number of aliphatic carboxylic acids is 1. The highest BCUT2D eigenvalue weighted by atomic mass is 16.5. The summed E-state index contributed by atoms with van der Waals surface area (Å²) in [5, 5.41) is 10.8. The van der Waals surface area contributed by atoms with Crippen LogP contribution in [0.2, 0.25) is 0 Å². The van der Waals surface area contributed by atoms with Gasteiger partial charge in [-0.1, -0.05) is 11.6 Å². The van der Waals surface area contributed by atoms with E-state index in [0.29, 0.717) is 17.9 Å². The van der Waals surface area contributed by atoms with Gasteiger partial charge in [-0.2, -0.15) is 0 Å². The van der Waals surface area contributed by atoms with E-state index in [9.17, 15) is 9.59 Å². The summed E-state index contributed by atoms with van der Waals surface area (Å²) in [5.41, 5.74) is 1.52. The maximum Gasteiger partial charge on any atom is 0.322 e. The number of amides is 1. The van der Waals surface area contributed by atoms with Crippen molar-refractivity contribution in [2.75, 3.05) is 13.2 Å². The number of benzene rings is 1. The average molecular weight is 263 g/mol. The Hall–Kier alpha value is -2.30. The minimum atomic E-state index is -1.08. The molecule has 0 saturated heterocycles. The van der Waals surface area contributed by atoms with Gasteiger partial charge in [-0.05, 0) is 38.1 Å². The van der Waals surface area contributed by atoms with Gasteiger partial charge in [0.2, 0.25) is 0 Å². The molecule has 0 radical (unpaired) electrons. The molecule has 1 amide bonds. The van der Waals surface area contributed by atoms with E-state index in [0.717, 1.165) is 5.57 Å². The van der Waals surface area contributed by atoms with Crippen LogP contribution < -0.4 is 10.1 Å². The van der Waals surface area contributed by atoms with Gasteiger partial charge in [0.25, 0.3) is 5.91 Å². The molecule has 0 aliphatic carbocycles. The van der Waals surface area contributed by atoms with Gasteiger partial charge in [0, 0.05) is 5.56 Å². The summed E-state index contributed by atoms with van der Waals surface area (Å²) in [7, 11) is 0. The summed E-state index contributed by atoms with van der Waals surface area (Å²) in [6.45, 7) is 3.97. The van der Waals surface area contributed by atoms with Crippen LogP contribution in [-0.4, -0.2) is 30.1 Å². The summed E-state index contributed by atoms with van der Waals surface area (Å²) in [6.07, 6.45) is 1.93. The van der Waals surface area contributed by atoms with Gasteiger partial charge >= 0.3 is 5.97 Å². The van der Waals surface area contributed by atoms with Gasteiger partial charge in [-0.25, -0.2) is 0 Å². The molecule has 0 aliphatic heterocycles. The van der Waals surface area contributed by atoms with Crippen LogP contribution in [0.1, 0.15) is 24.2 Å². The van der Waals surface area contributed by atoms with Crippen LogP contribution in [-0.2, 0) is 4.79 Å². The quantitative estimate of drug-likeness (QED) is 0.768. The molecule has 0 fully saturated rings. The lowest BCUT2D eigenvalue weighted by atomic mass is 10.2. The lowest BCUT2D eigenvalue weighted by Crippen LogP contribution is -2.29. The molecule has 0 aliphatic rings. The molecular weight excluding hydrogens is 246 g/mol. The topological polar surface area (TPSA) is 75.6 Å². The van der Waals surface area contributed by atoms with Gasteiger partial charge < -0.3 is 15.2 Å². The van der Waals surface area contributed by atoms with Crippen molar-refractivity contribution in [3.05, 3.63) is 41.5 Å². The van der Waals surface area contributed by atoms with Crippen LogP contribution in [0.5, 0.6) is 5.75 Å². The van der Waals surface area contributed by atoms with E-state index >= 15 is 0 Å². The SMILES string of the molecule is CC(C)=CCOc1cccc(C(=O)NCC(=O)O)c1. The molecule has 1 rings (SSSR count). The Bertz CT molecular complexity index is 490. The van der Waals surface area contributed by atoms with Crippen LogP contribution in [0, 0.1) is 0 Å². The summed E-state index contributed by atoms with van der Waals surface area (Å²) >= 11 is 0. The first-order valence-electron chi connectivity index (χ1n) is 5.85. The van der Waals surface area contributed by atoms with Crippen LogP contribution >= 0.6 is 0 Å². The fourth-order valence-electron chi connectivity index (χ4n) is 1.29. The lowest BCUT2D eigenvalue weighted by molar-refractivity contribution is -0.135. The van der Waals surface area contributed by atoms with Gasteiger partial charge in [0.05, 0.1) is 0 Å². The molecule has 0 unspecified atom stereocenters. The number of carbonyl (C=O) groups is 2. The summed E-state index contributed by atoms with van der Waals surface area (Å²) < 4.78 is 5.46. The Morgan fingerprint density at radius 1 is 1.37 bits per heavy atom. The molecule has 102 valence electrons. The second kappa shape index (κ2) is 7.20. The standard InChI is InChI=1S/C14H17NO4/c1-10(2)6-7-19-12-5-3-4-11(8-12)14(18)15-9-13(16)17/h3-6,8H,7,9H2,1-2H3,(H,15,18)(H,16,17). The maximum atomic E-state index is 11.6. The molecule has 0 spiro atoms.